The fourth-order valence-electron chi connectivity index (χ4n) is 1.51. The van der Waals surface area contributed by atoms with Gasteiger partial charge in [0.15, 0.2) is 5.82 Å². The van der Waals surface area contributed by atoms with E-state index in [4.69, 9.17) is 5.73 Å². The van der Waals surface area contributed by atoms with Gasteiger partial charge in [-0.2, -0.15) is 0 Å². The van der Waals surface area contributed by atoms with Gasteiger partial charge in [-0.3, -0.25) is 0 Å². The Morgan fingerprint density at radius 1 is 1.47 bits per heavy atom. The number of anilines is 2. The fourth-order valence-corrected chi connectivity index (χ4v) is 1.51. The van der Waals surface area contributed by atoms with Gasteiger partial charge in [-0.25, -0.2) is 4.98 Å². The van der Waals surface area contributed by atoms with Crippen molar-refractivity contribution in [1.82, 2.24) is 19.7 Å². The SMILES string of the molecule is CCn1cnnc1CNc1cc(C)c(N)cn1. The second-order valence-corrected chi connectivity index (χ2v) is 3.81. The predicted molar refractivity (Wildman–Crippen MR) is 66.4 cm³/mol. The van der Waals surface area contributed by atoms with Gasteiger partial charge in [0.2, 0.25) is 0 Å². The highest BCUT2D eigenvalue weighted by atomic mass is 15.3. The molecule has 0 saturated heterocycles. The highest BCUT2D eigenvalue weighted by molar-refractivity contribution is 5.50. The van der Waals surface area contributed by atoms with Gasteiger partial charge in [-0.05, 0) is 25.5 Å². The number of hydrogen-bond donors (Lipinski definition) is 2. The van der Waals surface area contributed by atoms with E-state index in [1.54, 1.807) is 12.5 Å². The quantitative estimate of drug-likeness (QED) is 0.827. The molecule has 0 bridgehead atoms. The molecule has 0 aromatic carbocycles. The Hall–Kier alpha value is -2.11. The van der Waals surface area contributed by atoms with E-state index in [2.05, 4.69) is 27.4 Å². The van der Waals surface area contributed by atoms with Crippen LogP contribution in [0.1, 0.15) is 18.3 Å². The number of aryl methyl sites for hydroxylation is 2. The molecule has 0 atom stereocenters. The molecule has 2 heterocycles. The van der Waals surface area contributed by atoms with Gasteiger partial charge in [0, 0.05) is 6.54 Å². The number of aromatic nitrogens is 4. The number of nitrogens with two attached hydrogens (primary N) is 1. The summed E-state index contributed by atoms with van der Waals surface area (Å²) in [5.41, 5.74) is 7.42. The molecular weight excluding hydrogens is 216 g/mol. The Labute approximate surface area is 99.9 Å². The van der Waals surface area contributed by atoms with Gasteiger partial charge in [0.25, 0.3) is 0 Å². The monoisotopic (exact) mass is 232 g/mol. The first-order valence-corrected chi connectivity index (χ1v) is 5.53. The second kappa shape index (κ2) is 4.82. The number of nitrogens with one attached hydrogen (secondary N) is 1. The third-order valence-electron chi connectivity index (χ3n) is 2.62. The average molecular weight is 232 g/mol. The molecule has 0 fully saturated rings. The minimum atomic E-state index is 0.601. The standard InChI is InChI=1S/C11H16N6/c1-3-17-7-15-16-11(17)6-14-10-4-8(2)9(12)5-13-10/h4-5,7H,3,6,12H2,1-2H3,(H,13,14). The molecule has 0 saturated carbocycles. The Balaban J connectivity index is 2.05. The van der Waals surface area contributed by atoms with Crippen LogP contribution in [0.2, 0.25) is 0 Å². The lowest BCUT2D eigenvalue weighted by Crippen LogP contribution is -2.08. The van der Waals surface area contributed by atoms with Gasteiger partial charge < -0.3 is 15.6 Å². The summed E-state index contributed by atoms with van der Waals surface area (Å²) in [4.78, 5) is 4.20. The van der Waals surface area contributed by atoms with Crippen LogP contribution < -0.4 is 11.1 Å². The number of nitrogen functional groups attached to an aromatic ring is 1. The maximum absolute atomic E-state index is 5.71. The molecule has 0 unspecified atom stereocenters. The van der Waals surface area contributed by atoms with Crippen molar-refractivity contribution < 1.29 is 0 Å². The summed E-state index contributed by atoms with van der Waals surface area (Å²) in [6.07, 6.45) is 3.38. The van der Waals surface area contributed by atoms with Crippen molar-refractivity contribution in [3.8, 4) is 0 Å². The third kappa shape index (κ3) is 2.52. The minimum absolute atomic E-state index is 0.601. The molecular formula is C11H16N6. The second-order valence-electron chi connectivity index (χ2n) is 3.81. The van der Waals surface area contributed by atoms with Crippen molar-refractivity contribution >= 4 is 11.5 Å². The Morgan fingerprint density at radius 3 is 3.00 bits per heavy atom. The molecule has 6 nitrogen and oxygen atoms in total. The van der Waals surface area contributed by atoms with Crippen molar-refractivity contribution in [1.29, 1.82) is 0 Å². The molecule has 0 aliphatic heterocycles. The summed E-state index contributed by atoms with van der Waals surface area (Å²) < 4.78 is 1.98. The fraction of sp³-hybridized carbons (Fsp3) is 0.364. The molecule has 2 aromatic rings. The number of nitrogens with zero attached hydrogens (tertiary/aromatic N) is 4. The maximum Gasteiger partial charge on any atom is 0.152 e. The van der Waals surface area contributed by atoms with E-state index in [0.29, 0.717) is 12.2 Å². The molecule has 6 heteroatoms. The van der Waals surface area contributed by atoms with Crippen LogP contribution in [0.4, 0.5) is 11.5 Å². The van der Waals surface area contributed by atoms with Crippen molar-refractivity contribution in [2.75, 3.05) is 11.1 Å². The van der Waals surface area contributed by atoms with E-state index in [9.17, 15) is 0 Å². The van der Waals surface area contributed by atoms with Crippen molar-refractivity contribution in [2.45, 2.75) is 26.9 Å². The highest BCUT2D eigenvalue weighted by Gasteiger charge is 2.03. The summed E-state index contributed by atoms with van der Waals surface area (Å²) in [5, 5.41) is 11.1. The van der Waals surface area contributed by atoms with Gasteiger partial charge >= 0.3 is 0 Å². The lowest BCUT2D eigenvalue weighted by atomic mass is 10.2. The number of pyridine rings is 1. The van der Waals surface area contributed by atoms with Crippen molar-refractivity contribution in [3.63, 3.8) is 0 Å². The van der Waals surface area contributed by atoms with Crippen LogP contribution in [0.15, 0.2) is 18.6 Å². The van der Waals surface area contributed by atoms with Crippen molar-refractivity contribution in [2.24, 2.45) is 0 Å². The Bertz CT molecular complexity index is 504. The minimum Gasteiger partial charge on any atom is -0.397 e. The zero-order chi connectivity index (χ0) is 12.3. The van der Waals surface area contributed by atoms with E-state index in [-0.39, 0.29) is 0 Å². The maximum atomic E-state index is 5.71. The molecule has 90 valence electrons. The molecule has 0 aliphatic carbocycles. The van der Waals surface area contributed by atoms with E-state index in [1.165, 1.54) is 0 Å². The molecule has 0 amide bonds. The van der Waals surface area contributed by atoms with Crippen LogP contribution in [0.25, 0.3) is 0 Å². The first-order valence-electron chi connectivity index (χ1n) is 5.53. The average Bonchev–Trinajstić information content (AvgIpc) is 2.78. The Morgan fingerprint density at radius 2 is 2.29 bits per heavy atom. The van der Waals surface area contributed by atoms with Crippen LogP contribution in [-0.2, 0) is 13.1 Å². The lowest BCUT2D eigenvalue weighted by Gasteiger charge is -2.07. The summed E-state index contributed by atoms with van der Waals surface area (Å²) >= 11 is 0. The Kier molecular flexibility index (Phi) is 3.22. The lowest BCUT2D eigenvalue weighted by molar-refractivity contribution is 0.707. The number of rotatable bonds is 4. The molecule has 0 spiro atoms. The first kappa shape index (κ1) is 11.4. The summed E-state index contributed by atoms with van der Waals surface area (Å²) in [7, 11) is 0. The van der Waals surface area contributed by atoms with Crippen molar-refractivity contribution in [3.05, 3.63) is 30.0 Å². The molecule has 3 N–H and O–H groups in total. The van der Waals surface area contributed by atoms with E-state index in [1.807, 2.05) is 17.6 Å². The van der Waals surface area contributed by atoms with Crippen LogP contribution >= 0.6 is 0 Å². The zero-order valence-electron chi connectivity index (χ0n) is 10.0. The molecule has 0 radical (unpaired) electrons. The molecule has 2 rings (SSSR count). The summed E-state index contributed by atoms with van der Waals surface area (Å²) in [6.45, 7) is 5.47. The van der Waals surface area contributed by atoms with E-state index < -0.39 is 0 Å². The van der Waals surface area contributed by atoms with Gasteiger partial charge in [-0.15, -0.1) is 10.2 Å². The first-order chi connectivity index (χ1) is 8.20. The van der Waals surface area contributed by atoms with Gasteiger partial charge in [-0.1, -0.05) is 0 Å². The van der Waals surface area contributed by atoms with Crippen LogP contribution in [0.3, 0.4) is 0 Å². The zero-order valence-corrected chi connectivity index (χ0v) is 10.0. The molecule has 2 aromatic heterocycles. The molecule has 17 heavy (non-hydrogen) atoms. The molecule has 0 aliphatic rings. The summed E-state index contributed by atoms with van der Waals surface area (Å²) in [6, 6.07) is 1.92. The number of hydrogen-bond acceptors (Lipinski definition) is 5. The van der Waals surface area contributed by atoms with E-state index in [0.717, 1.165) is 23.8 Å². The van der Waals surface area contributed by atoms with Gasteiger partial charge in [0.05, 0.1) is 18.4 Å². The smallest absolute Gasteiger partial charge is 0.152 e. The van der Waals surface area contributed by atoms with Crippen LogP contribution in [0, 0.1) is 6.92 Å². The highest BCUT2D eigenvalue weighted by Crippen LogP contribution is 2.13. The van der Waals surface area contributed by atoms with Crippen LogP contribution in [-0.4, -0.2) is 19.7 Å². The predicted octanol–water partition coefficient (Wildman–Crippen LogP) is 1.20. The van der Waals surface area contributed by atoms with E-state index >= 15 is 0 Å². The summed E-state index contributed by atoms with van der Waals surface area (Å²) in [5.74, 6) is 1.69. The van der Waals surface area contributed by atoms with Gasteiger partial charge in [0.1, 0.15) is 12.1 Å². The normalized spacial score (nSPS) is 10.5. The topological polar surface area (TPSA) is 81.7 Å². The largest absolute Gasteiger partial charge is 0.397 e. The van der Waals surface area contributed by atoms with Crippen LogP contribution in [0.5, 0.6) is 0 Å². The third-order valence-corrected chi connectivity index (χ3v) is 2.62.